The van der Waals surface area contributed by atoms with Gasteiger partial charge in [-0.2, -0.15) is 13.2 Å². The van der Waals surface area contributed by atoms with E-state index in [1.165, 1.54) is 24.3 Å². The quantitative estimate of drug-likeness (QED) is 0.836. The summed E-state index contributed by atoms with van der Waals surface area (Å²) >= 11 is 0. The number of hydrogen-bond acceptors (Lipinski definition) is 3. The van der Waals surface area contributed by atoms with Crippen LogP contribution in [0.2, 0.25) is 0 Å². The van der Waals surface area contributed by atoms with Crippen LogP contribution in [0.3, 0.4) is 0 Å². The maximum atomic E-state index is 12.5. The monoisotopic (exact) mass is 375 g/mol. The fourth-order valence-electron chi connectivity index (χ4n) is 2.66. The van der Waals surface area contributed by atoms with Gasteiger partial charge >= 0.3 is 6.18 Å². The summed E-state index contributed by atoms with van der Waals surface area (Å²) in [6.07, 6.45) is -0.170. The first-order valence-corrected chi connectivity index (χ1v) is 8.16. The van der Waals surface area contributed by atoms with E-state index in [1.54, 1.807) is 17.2 Å². The fourth-order valence-corrected chi connectivity index (χ4v) is 2.66. The Morgan fingerprint density at radius 3 is 2.56 bits per heavy atom. The number of carbonyl (C=O) groups excluding carboxylic acids is 2. The van der Waals surface area contributed by atoms with Gasteiger partial charge in [0.15, 0.2) is 0 Å². The van der Waals surface area contributed by atoms with Gasteiger partial charge in [-0.3, -0.25) is 14.6 Å². The Balaban J connectivity index is 1.48. The lowest BCUT2D eigenvalue weighted by Gasteiger charge is -2.15. The molecule has 0 aliphatic carbocycles. The van der Waals surface area contributed by atoms with E-state index in [0.29, 0.717) is 18.7 Å². The normalized spacial score (nSPS) is 13.7. The zero-order valence-electron chi connectivity index (χ0n) is 14.2. The van der Waals surface area contributed by atoms with Crippen LogP contribution >= 0.6 is 0 Å². The highest BCUT2D eigenvalue weighted by Gasteiger charge is 2.29. The molecule has 8 heteroatoms. The topological polar surface area (TPSA) is 62.3 Å². The van der Waals surface area contributed by atoms with Crippen LogP contribution in [-0.4, -0.2) is 28.2 Å². The molecule has 0 unspecified atom stereocenters. The molecule has 140 valence electrons. The molecule has 0 fully saturated rings. The molecule has 1 aromatic carbocycles. The molecule has 0 bridgehead atoms. The van der Waals surface area contributed by atoms with Gasteiger partial charge in [0.2, 0.25) is 11.8 Å². The second-order valence-corrected chi connectivity index (χ2v) is 6.03. The molecule has 0 saturated carbocycles. The van der Waals surface area contributed by atoms with Crippen molar-refractivity contribution in [3.8, 4) is 0 Å². The zero-order chi connectivity index (χ0) is 19.4. The molecule has 0 spiro atoms. The molecule has 0 radical (unpaired) electrons. The lowest BCUT2D eigenvalue weighted by Crippen LogP contribution is -2.36. The molecule has 1 aliphatic rings. The number of benzene rings is 1. The van der Waals surface area contributed by atoms with Crippen LogP contribution in [0, 0.1) is 0 Å². The van der Waals surface area contributed by atoms with Crippen LogP contribution in [-0.2, 0) is 28.9 Å². The molecule has 2 amide bonds. The van der Waals surface area contributed by atoms with E-state index in [0.717, 1.165) is 23.4 Å². The van der Waals surface area contributed by atoms with Gasteiger partial charge in [-0.1, -0.05) is 18.2 Å². The van der Waals surface area contributed by atoms with Gasteiger partial charge in [0.05, 0.1) is 24.3 Å². The third-order valence-electron chi connectivity index (χ3n) is 4.12. The minimum absolute atomic E-state index is 0.163. The summed E-state index contributed by atoms with van der Waals surface area (Å²) in [5, 5.41) is 2.47. The molecule has 0 saturated heterocycles. The lowest BCUT2D eigenvalue weighted by molar-refractivity contribution is -0.137. The number of pyridine rings is 1. The van der Waals surface area contributed by atoms with Gasteiger partial charge in [-0.15, -0.1) is 0 Å². The van der Waals surface area contributed by atoms with Gasteiger partial charge in [-0.25, -0.2) is 0 Å². The van der Waals surface area contributed by atoms with Crippen LogP contribution in [0.15, 0.2) is 48.7 Å². The predicted molar refractivity (Wildman–Crippen MR) is 92.0 cm³/mol. The van der Waals surface area contributed by atoms with Crippen LogP contribution < -0.4 is 5.32 Å². The zero-order valence-corrected chi connectivity index (χ0v) is 14.2. The third-order valence-corrected chi connectivity index (χ3v) is 4.12. The second kappa shape index (κ2) is 7.61. The van der Waals surface area contributed by atoms with E-state index in [4.69, 9.17) is 0 Å². The Morgan fingerprint density at radius 2 is 1.89 bits per heavy atom. The highest BCUT2D eigenvalue weighted by molar-refractivity contribution is 5.94. The number of nitrogens with zero attached hydrogens (tertiary/aromatic N) is 2. The van der Waals surface area contributed by atoms with E-state index in [-0.39, 0.29) is 12.5 Å². The van der Waals surface area contributed by atoms with Gasteiger partial charge in [0.1, 0.15) is 0 Å². The largest absolute Gasteiger partial charge is 0.416 e. The first-order chi connectivity index (χ1) is 12.8. The van der Waals surface area contributed by atoms with Crippen LogP contribution in [0.1, 0.15) is 22.4 Å². The molecule has 1 aromatic heterocycles. The van der Waals surface area contributed by atoms with Crippen molar-refractivity contribution in [2.45, 2.75) is 19.3 Å². The summed E-state index contributed by atoms with van der Waals surface area (Å²) in [6.45, 7) is 0.704. The fraction of sp³-hybridized carbons (Fsp3) is 0.211. The second-order valence-electron chi connectivity index (χ2n) is 6.03. The summed E-state index contributed by atoms with van der Waals surface area (Å²) < 4.78 is 37.5. The summed E-state index contributed by atoms with van der Waals surface area (Å²) in [4.78, 5) is 29.8. The first kappa shape index (κ1) is 18.6. The number of rotatable bonds is 4. The summed E-state index contributed by atoms with van der Waals surface area (Å²) in [5.41, 5.74) is 1.53. The van der Waals surface area contributed by atoms with E-state index >= 15 is 0 Å². The minimum Gasteiger partial charge on any atom is -0.343 e. The van der Waals surface area contributed by atoms with Crippen molar-refractivity contribution < 1.29 is 22.8 Å². The average Bonchev–Trinajstić information content (AvgIpc) is 3.08. The van der Waals surface area contributed by atoms with Crippen molar-refractivity contribution in [1.29, 1.82) is 0 Å². The number of fused-ring (bicyclic) bond motifs is 1. The third kappa shape index (κ3) is 4.72. The molecule has 0 atom stereocenters. The van der Waals surface area contributed by atoms with Gasteiger partial charge in [-0.05, 0) is 35.4 Å². The Hall–Kier alpha value is -3.16. The number of amides is 2. The number of halogens is 3. The molecule has 1 N–H and O–H groups in total. The molecule has 5 nitrogen and oxygen atoms in total. The summed E-state index contributed by atoms with van der Waals surface area (Å²) in [6, 6.07) is 8.14. The summed E-state index contributed by atoms with van der Waals surface area (Å²) in [5.74, 6) is -0.734. The Bertz CT molecular complexity index is 852. The van der Waals surface area contributed by atoms with Crippen LogP contribution in [0.25, 0.3) is 6.08 Å². The molecular weight excluding hydrogens is 359 g/mol. The highest BCUT2D eigenvalue weighted by atomic mass is 19.4. The van der Waals surface area contributed by atoms with Gasteiger partial charge in [0, 0.05) is 18.8 Å². The number of hydrogen-bond donors (Lipinski definition) is 1. The van der Waals surface area contributed by atoms with E-state index in [9.17, 15) is 22.8 Å². The van der Waals surface area contributed by atoms with Crippen molar-refractivity contribution in [2.24, 2.45) is 0 Å². The lowest BCUT2D eigenvalue weighted by atomic mass is 10.1. The van der Waals surface area contributed by atoms with Crippen molar-refractivity contribution in [3.63, 3.8) is 0 Å². The van der Waals surface area contributed by atoms with Crippen molar-refractivity contribution in [3.05, 3.63) is 71.1 Å². The molecular formula is C19H16F3N3O2. The molecule has 27 heavy (non-hydrogen) atoms. The van der Waals surface area contributed by atoms with Crippen LogP contribution in [0.5, 0.6) is 0 Å². The minimum atomic E-state index is -4.40. The van der Waals surface area contributed by atoms with Gasteiger partial charge in [0.25, 0.3) is 0 Å². The molecule has 1 aliphatic heterocycles. The Labute approximate surface area is 153 Å². The predicted octanol–water partition coefficient (Wildman–Crippen LogP) is 2.77. The van der Waals surface area contributed by atoms with Gasteiger partial charge < -0.3 is 10.2 Å². The Morgan fingerprint density at radius 1 is 1.15 bits per heavy atom. The number of aromatic nitrogens is 1. The smallest absolute Gasteiger partial charge is 0.343 e. The molecule has 3 rings (SSSR count). The standard InChI is InChI=1S/C19H16F3N3O2/c20-19(21,22)15-6-3-13(4-7-15)5-8-17(26)24-10-18(27)25-11-14-2-1-9-23-16(14)12-25/h1-9H,10-12H2,(H,24,26)/b8-5+. The number of alkyl halides is 3. The molecule has 2 aromatic rings. The van der Waals surface area contributed by atoms with Crippen molar-refractivity contribution >= 4 is 17.9 Å². The number of carbonyl (C=O) groups is 2. The summed E-state index contributed by atoms with van der Waals surface area (Å²) in [7, 11) is 0. The van der Waals surface area contributed by atoms with E-state index in [2.05, 4.69) is 10.3 Å². The molecule has 2 heterocycles. The van der Waals surface area contributed by atoms with Crippen molar-refractivity contribution in [1.82, 2.24) is 15.2 Å². The maximum Gasteiger partial charge on any atom is 0.416 e. The first-order valence-electron chi connectivity index (χ1n) is 8.16. The number of nitrogens with one attached hydrogen (secondary N) is 1. The van der Waals surface area contributed by atoms with Crippen LogP contribution in [0.4, 0.5) is 13.2 Å². The van der Waals surface area contributed by atoms with E-state index in [1.807, 2.05) is 6.07 Å². The van der Waals surface area contributed by atoms with Crippen molar-refractivity contribution in [2.75, 3.05) is 6.54 Å². The Kier molecular flexibility index (Phi) is 5.25. The highest BCUT2D eigenvalue weighted by Crippen LogP contribution is 2.29. The SMILES string of the molecule is O=C(/C=C/c1ccc(C(F)(F)F)cc1)NCC(=O)N1Cc2cccnc2C1. The van der Waals surface area contributed by atoms with E-state index < -0.39 is 17.6 Å². The average molecular weight is 375 g/mol. The maximum absolute atomic E-state index is 12.5.